The predicted molar refractivity (Wildman–Crippen MR) is 131 cm³/mol. The zero-order valence-corrected chi connectivity index (χ0v) is 20.6. The molecule has 1 fully saturated rings. The number of aliphatic hydroxyl groups is 1. The van der Waals surface area contributed by atoms with Gasteiger partial charge in [0, 0.05) is 52.0 Å². The highest BCUT2D eigenvalue weighted by Gasteiger charge is 2.26. The van der Waals surface area contributed by atoms with Crippen molar-refractivity contribution >= 4 is 5.88 Å². The Hall–Kier alpha value is -2.76. The second kappa shape index (κ2) is 13.5. The molecule has 4 rings (SSSR count). The minimum atomic E-state index is -0.705. The Labute approximate surface area is 210 Å². The molecule has 0 saturated carbocycles. The highest BCUT2D eigenvalue weighted by atomic mass is 19.1. The molecule has 0 bridgehead atoms. The van der Waals surface area contributed by atoms with Crippen LogP contribution in [-0.2, 0) is 27.4 Å². The van der Waals surface area contributed by atoms with Crippen molar-refractivity contribution in [3.63, 3.8) is 0 Å². The van der Waals surface area contributed by atoms with Gasteiger partial charge in [0.2, 0.25) is 5.88 Å². The average Bonchev–Trinajstić information content (AvgIpc) is 3.55. The third kappa shape index (κ3) is 7.37. The van der Waals surface area contributed by atoms with Crippen molar-refractivity contribution in [3.8, 4) is 11.3 Å². The first-order valence-corrected chi connectivity index (χ1v) is 12.2. The predicted octanol–water partition coefficient (Wildman–Crippen LogP) is 3.33. The normalized spacial score (nSPS) is 15.1. The summed E-state index contributed by atoms with van der Waals surface area (Å²) in [5, 5.41) is 15.1. The van der Waals surface area contributed by atoms with Gasteiger partial charge in [0.1, 0.15) is 23.9 Å². The van der Waals surface area contributed by atoms with Gasteiger partial charge < -0.3 is 33.2 Å². The molecule has 1 saturated heterocycles. The fraction of sp³-hybridized carbons (Fsp3) is 0.500. The van der Waals surface area contributed by atoms with Gasteiger partial charge in [-0.25, -0.2) is 4.39 Å². The molecule has 1 aliphatic heterocycles. The maximum Gasteiger partial charge on any atom is 0.232 e. The molecule has 36 heavy (non-hydrogen) atoms. The molecule has 10 heteroatoms. The fourth-order valence-electron chi connectivity index (χ4n) is 4.22. The van der Waals surface area contributed by atoms with Crippen LogP contribution in [0.3, 0.4) is 0 Å². The number of nitrogens with zero attached hydrogens (tertiary/aromatic N) is 3. The van der Waals surface area contributed by atoms with Crippen LogP contribution in [0.2, 0.25) is 0 Å². The van der Waals surface area contributed by atoms with Gasteiger partial charge in [-0.1, -0.05) is 5.16 Å². The van der Waals surface area contributed by atoms with E-state index in [1.807, 2.05) is 6.07 Å². The summed E-state index contributed by atoms with van der Waals surface area (Å²) in [7, 11) is 1.67. The minimum absolute atomic E-state index is 0.173. The number of aliphatic hydroxyl groups excluding tert-OH is 1. The van der Waals surface area contributed by atoms with Gasteiger partial charge in [-0.3, -0.25) is 4.90 Å². The Kier molecular flexibility index (Phi) is 9.88. The number of morpholine rings is 1. The van der Waals surface area contributed by atoms with Crippen LogP contribution in [0.25, 0.3) is 11.3 Å². The van der Waals surface area contributed by atoms with Crippen molar-refractivity contribution in [3.05, 3.63) is 59.8 Å². The van der Waals surface area contributed by atoms with E-state index < -0.39 is 6.10 Å². The van der Waals surface area contributed by atoms with Gasteiger partial charge in [0.25, 0.3) is 0 Å². The van der Waals surface area contributed by atoms with Crippen LogP contribution < -0.4 is 4.90 Å². The summed E-state index contributed by atoms with van der Waals surface area (Å²) >= 11 is 0. The van der Waals surface area contributed by atoms with E-state index in [2.05, 4.69) is 15.0 Å². The van der Waals surface area contributed by atoms with E-state index in [4.69, 9.17) is 23.2 Å². The van der Waals surface area contributed by atoms with Gasteiger partial charge in [0.05, 0.1) is 37.8 Å². The lowest BCUT2D eigenvalue weighted by atomic mass is 10.1. The first kappa shape index (κ1) is 26.3. The third-order valence-electron chi connectivity index (χ3n) is 5.99. The molecule has 0 radical (unpaired) electrons. The monoisotopic (exact) mass is 503 g/mol. The van der Waals surface area contributed by atoms with Crippen LogP contribution in [-0.4, -0.2) is 81.0 Å². The number of benzene rings is 1. The zero-order chi connectivity index (χ0) is 25.2. The SMILES string of the molecule is COCCCN(Cc1c(-c2ccc(F)cc2)noc1N1CCOCC1)C[C@H](O)COCc1ccco1. The minimum Gasteiger partial charge on any atom is -0.467 e. The Bertz CT molecular complexity index is 1020. The number of hydrogen-bond acceptors (Lipinski definition) is 9. The highest BCUT2D eigenvalue weighted by Crippen LogP contribution is 2.33. The van der Waals surface area contributed by atoms with Crippen molar-refractivity contribution in [2.75, 3.05) is 64.6 Å². The standard InChI is InChI=1S/C26H34FN3O6/c1-32-12-3-9-29(16-22(31)18-34-19-23-4-2-13-35-23)17-24-25(20-5-7-21(27)8-6-20)28-36-26(24)30-10-14-33-15-11-30/h2,4-8,13,22,31H,3,9-12,14-19H2,1H3/t22-/m0/s1. The molecular formula is C26H34FN3O6. The van der Waals surface area contributed by atoms with E-state index in [-0.39, 0.29) is 12.4 Å². The van der Waals surface area contributed by atoms with Crippen LogP contribution >= 0.6 is 0 Å². The lowest BCUT2D eigenvalue weighted by Gasteiger charge is -2.29. The second-order valence-electron chi connectivity index (χ2n) is 8.75. The number of halogens is 1. The number of hydrogen-bond donors (Lipinski definition) is 1. The summed E-state index contributed by atoms with van der Waals surface area (Å²) in [6.45, 7) is 5.24. The molecule has 0 unspecified atom stereocenters. The molecule has 9 nitrogen and oxygen atoms in total. The molecule has 0 aliphatic carbocycles. The molecule has 0 spiro atoms. The Balaban J connectivity index is 1.51. The maximum atomic E-state index is 13.6. The van der Waals surface area contributed by atoms with Crippen molar-refractivity contribution in [2.45, 2.75) is 25.7 Å². The van der Waals surface area contributed by atoms with Gasteiger partial charge >= 0.3 is 0 Å². The molecule has 1 N–H and O–H groups in total. The number of methoxy groups -OCH3 is 1. The van der Waals surface area contributed by atoms with Crippen LogP contribution in [0.5, 0.6) is 0 Å². The van der Waals surface area contributed by atoms with E-state index in [1.54, 1.807) is 31.6 Å². The summed E-state index contributed by atoms with van der Waals surface area (Å²) in [6.07, 6.45) is 1.68. The third-order valence-corrected chi connectivity index (χ3v) is 5.99. The molecule has 1 atom stereocenters. The molecule has 196 valence electrons. The summed E-state index contributed by atoms with van der Waals surface area (Å²) in [4.78, 5) is 4.26. The smallest absolute Gasteiger partial charge is 0.232 e. The lowest BCUT2D eigenvalue weighted by molar-refractivity contribution is 0.00282. The number of anilines is 1. The molecule has 1 aromatic carbocycles. The molecular weight excluding hydrogens is 469 g/mol. The zero-order valence-electron chi connectivity index (χ0n) is 20.6. The highest BCUT2D eigenvalue weighted by molar-refractivity contribution is 5.68. The summed E-state index contributed by atoms with van der Waals surface area (Å²) in [5.41, 5.74) is 2.33. The molecule has 3 heterocycles. The van der Waals surface area contributed by atoms with E-state index >= 15 is 0 Å². The van der Waals surface area contributed by atoms with Gasteiger partial charge in [-0.15, -0.1) is 0 Å². The van der Waals surface area contributed by atoms with Crippen LogP contribution in [0.15, 0.2) is 51.6 Å². The molecule has 1 aliphatic rings. The molecule has 3 aromatic rings. The number of rotatable bonds is 14. The Morgan fingerprint density at radius 2 is 2.00 bits per heavy atom. The molecule has 0 amide bonds. The van der Waals surface area contributed by atoms with Crippen LogP contribution in [0, 0.1) is 5.82 Å². The first-order valence-electron chi connectivity index (χ1n) is 12.2. The quantitative estimate of drug-likeness (QED) is 0.333. The van der Waals surface area contributed by atoms with E-state index in [1.165, 1.54) is 12.1 Å². The van der Waals surface area contributed by atoms with Crippen molar-refractivity contribution < 1.29 is 32.6 Å². The lowest BCUT2D eigenvalue weighted by Crippen LogP contribution is -2.38. The van der Waals surface area contributed by atoms with Crippen LogP contribution in [0.1, 0.15) is 17.7 Å². The van der Waals surface area contributed by atoms with Gasteiger partial charge in [0.15, 0.2) is 0 Å². The van der Waals surface area contributed by atoms with E-state index in [0.717, 1.165) is 17.5 Å². The van der Waals surface area contributed by atoms with Crippen LogP contribution in [0.4, 0.5) is 10.3 Å². The Morgan fingerprint density at radius 3 is 2.72 bits per heavy atom. The number of aromatic nitrogens is 1. The summed E-state index contributed by atoms with van der Waals surface area (Å²) < 4.78 is 41.1. The summed E-state index contributed by atoms with van der Waals surface area (Å²) in [5.74, 6) is 1.08. The average molecular weight is 504 g/mol. The van der Waals surface area contributed by atoms with Gasteiger partial charge in [-0.05, 0) is 42.8 Å². The maximum absolute atomic E-state index is 13.6. The number of ether oxygens (including phenoxy) is 3. The van der Waals surface area contributed by atoms with Crippen molar-refractivity contribution in [1.29, 1.82) is 0 Å². The number of furan rings is 1. The fourth-order valence-corrected chi connectivity index (χ4v) is 4.22. The van der Waals surface area contributed by atoms with Crippen molar-refractivity contribution in [1.82, 2.24) is 10.1 Å². The largest absolute Gasteiger partial charge is 0.467 e. The first-order chi connectivity index (χ1) is 17.6. The summed E-state index contributed by atoms with van der Waals surface area (Å²) in [6, 6.07) is 9.87. The van der Waals surface area contributed by atoms with Gasteiger partial charge in [-0.2, -0.15) is 0 Å². The van der Waals surface area contributed by atoms with E-state index in [9.17, 15) is 9.50 Å². The topological polar surface area (TPSA) is 93.6 Å². The van der Waals surface area contributed by atoms with E-state index in [0.29, 0.717) is 76.5 Å². The second-order valence-corrected chi connectivity index (χ2v) is 8.75. The Morgan fingerprint density at radius 1 is 1.19 bits per heavy atom. The molecule has 2 aromatic heterocycles. The van der Waals surface area contributed by atoms with Crippen molar-refractivity contribution in [2.24, 2.45) is 0 Å².